The zero-order valence-corrected chi connectivity index (χ0v) is 16.0. The summed E-state index contributed by atoms with van der Waals surface area (Å²) >= 11 is 0. The van der Waals surface area contributed by atoms with E-state index in [9.17, 15) is 9.59 Å². The Morgan fingerprint density at radius 2 is 1.92 bits per heavy atom. The molecule has 26 heavy (non-hydrogen) atoms. The van der Waals surface area contributed by atoms with Gasteiger partial charge in [0.1, 0.15) is 12.2 Å². The summed E-state index contributed by atoms with van der Waals surface area (Å²) in [7, 11) is 0. The Morgan fingerprint density at radius 1 is 1.23 bits per heavy atom. The molecule has 0 aromatic heterocycles. The summed E-state index contributed by atoms with van der Waals surface area (Å²) < 4.78 is 10.8. The van der Waals surface area contributed by atoms with E-state index in [0.29, 0.717) is 19.7 Å². The molecule has 2 fully saturated rings. The number of ether oxygens (including phenoxy) is 2. The standard InChI is InChI=1S/C20H28N2O4/c1-14-6-5-7-15(12-14)17-13-25-19(24)22(17)16-8-10-21(11-9-16)18(23)26-20(2,3)4/h5-7,12,16-17H,8-11,13H2,1-4H3/t17-/m0/s1. The first-order valence-electron chi connectivity index (χ1n) is 9.24. The van der Waals surface area contributed by atoms with Gasteiger partial charge in [-0.05, 0) is 46.1 Å². The molecule has 0 saturated carbocycles. The lowest BCUT2D eigenvalue weighted by atomic mass is 9.98. The van der Waals surface area contributed by atoms with Crippen LogP contribution >= 0.6 is 0 Å². The largest absolute Gasteiger partial charge is 0.447 e. The average Bonchev–Trinajstić information content (AvgIpc) is 2.95. The van der Waals surface area contributed by atoms with Crippen molar-refractivity contribution < 1.29 is 19.1 Å². The van der Waals surface area contributed by atoms with E-state index in [1.54, 1.807) is 4.90 Å². The van der Waals surface area contributed by atoms with E-state index in [2.05, 4.69) is 6.07 Å². The van der Waals surface area contributed by atoms with Gasteiger partial charge in [-0.15, -0.1) is 0 Å². The van der Waals surface area contributed by atoms with E-state index in [1.165, 1.54) is 5.56 Å². The highest BCUT2D eigenvalue weighted by atomic mass is 16.6. The van der Waals surface area contributed by atoms with Gasteiger partial charge in [0.2, 0.25) is 0 Å². The predicted molar refractivity (Wildman–Crippen MR) is 97.9 cm³/mol. The maximum absolute atomic E-state index is 12.3. The fourth-order valence-electron chi connectivity index (χ4n) is 3.62. The lowest BCUT2D eigenvalue weighted by Crippen LogP contribution is -2.48. The molecule has 2 heterocycles. The monoisotopic (exact) mass is 360 g/mol. The van der Waals surface area contributed by atoms with Gasteiger partial charge in [0, 0.05) is 19.1 Å². The molecule has 0 spiro atoms. The summed E-state index contributed by atoms with van der Waals surface area (Å²) in [5, 5.41) is 0. The SMILES string of the molecule is Cc1cccc([C@@H]2COC(=O)N2C2CCN(C(=O)OC(C)(C)C)CC2)c1. The van der Waals surface area contributed by atoms with Crippen LogP contribution in [0.1, 0.15) is 50.8 Å². The van der Waals surface area contributed by atoms with E-state index in [-0.39, 0.29) is 24.3 Å². The van der Waals surface area contributed by atoms with Crippen molar-refractivity contribution in [1.82, 2.24) is 9.80 Å². The van der Waals surface area contributed by atoms with Crippen LogP contribution in [0.25, 0.3) is 0 Å². The van der Waals surface area contributed by atoms with Crippen molar-refractivity contribution in [3.63, 3.8) is 0 Å². The molecule has 0 bridgehead atoms. The van der Waals surface area contributed by atoms with Crippen LogP contribution in [0.15, 0.2) is 24.3 Å². The van der Waals surface area contributed by atoms with Crippen LogP contribution in [0.4, 0.5) is 9.59 Å². The first-order valence-corrected chi connectivity index (χ1v) is 9.24. The number of likely N-dealkylation sites (tertiary alicyclic amines) is 1. The van der Waals surface area contributed by atoms with Gasteiger partial charge < -0.3 is 14.4 Å². The smallest absolute Gasteiger partial charge is 0.410 e. The summed E-state index contributed by atoms with van der Waals surface area (Å²) in [6, 6.07) is 8.23. The predicted octanol–water partition coefficient (Wildman–Crippen LogP) is 3.89. The number of rotatable bonds is 2. The van der Waals surface area contributed by atoms with Crippen LogP contribution < -0.4 is 0 Å². The number of amides is 2. The zero-order chi connectivity index (χ0) is 18.9. The van der Waals surface area contributed by atoms with Gasteiger partial charge in [-0.25, -0.2) is 9.59 Å². The molecule has 3 rings (SSSR count). The Bertz CT molecular complexity index is 675. The van der Waals surface area contributed by atoms with Crippen molar-refractivity contribution in [3.05, 3.63) is 35.4 Å². The van der Waals surface area contributed by atoms with E-state index in [0.717, 1.165) is 18.4 Å². The molecule has 2 aliphatic rings. The number of hydrogen-bond acceptors (Lipinski definition) is 4. The molecule has 0 N–H and O–H groups in total. The molecule has 2 amide bonds. The van der Waals surface area contributed by atoms with Gasteiger partial charge >= 0.3 is 12.2 Å². The Balaban J connectivity index is 1.66. The highest BCUT2D eigenvalue weighted by molar-refractivity contribution is 5.71. The van der Waals surface area contributed by atoms with Crippen molar-refractivity contribution in [1.29, 1.82) is 0 Å². The van der Waals surface area contributed by atoms with Gasteiger partial charge in [0.15, 0.2) is 0 Å². The third kappa shape index (κ3) is 4.11. The first kappa shape index (κ1) is 18.5. The molecule has 0 unspecified atom stereocenters. The second kappa shape index (κ2) is 7.17. The number of carbonyl (C=O) groups is 2. The molecule has 6 heteroatoms. The maximum atomic E-state index is 12.3. The second-order valence-electron chi connectivity index (χ2n) is 8.11. The minimum absolute atomic E-state index is 0.0551. The number of benzene rings is 1. The first-order chi connectivity index (χ1) is 12.2. The molecule has 0 aliphatic carbocycles. The second-order valence-corrected chi connectivity index (χ2v) is 8.11. The summed E-state index contributed by atoms with van der Waals surface area (Å²) in [5.74, 6) is 0. The van der Waals surface area contributed by atoms with Gasteiger partial charge in [-0.1, -0.05) is 29.8 Å². The van der Waals surface area contributed by atoms with Crippen LogP contribution in [0, 0.1) is 6.92 Å². The van der Waals surface area contributed by atoms with Gasteiger partial charge in [-0.2, -0.15) is 0 Å². The minimum Gasteiger partial charge on any atom is -0.447 e. The number of nitrogens with zero attached hydrogens (tertiary/aromatic N) is 2. The molecule has 0 radical (unpaired) electrons. The number of hydrogen-bond donors (Lipinski definition) is 0. The quantitative estimate of drug-likeness (QED) is 0.803. The highest BCUT2D eigenvalue weighted by Crippen LogP contribution is 2.33. The van der Waals surface area contributed by atoms with Crippen molar-refractivity contribution in [2.45, 2.75) is 58.2 Å². The lowest BCUT2D eigenvalue weighted by molar-refractivity contribution is 0.0156. The Kier molecular flexibility index (Phi) is 5.12. The molecule has 1 atom stereocenters. The topological polar surface area (TPSA) is 59.1 Å². The third-order valence-corrected chi connectivity index (χ3v) is 4.85. The molecule has 142 valence electrons. The van der Waals surface area contributed by atoms with Crippen molar-refractivity contribution in [3.8, 4) is 0 Å². The van der Waals surface area contributed by atoms with Crippen LogP contribution in [-0.4, -0.2) is 53.3 Å². The van der Waals surface area contributed by atoms with Gasteiger partial charge in [-0.3, -0.25) is 4.90 Å². The van der Waals surface area contributed by atoms with Gasteiger partial charge in [0.05, 0.1) is 6.04 Å². The Labute approximate surface area is 155 Å². The van der Waals surface area contributed by atoms with Gasteiger partial charge in [0.25, 0.3) is 0 Å². The summed E-state index contributed by atoms with van der Waals surface area (Å²) in [4.78, 5) is 28.2. The van der Waals surface area contributed by atoms with E-state index in [1.807, 2.05) is 50.8 Å². The minimum atomic E-state index is -0.497. The number of carbonyl (C=O) groups excluding carboxylic acids is 2. The molecular weight excluding hydrogens is 332 g/mol. The van der Waals surface area contributed by atoms with Crippen molar-refractivity contribution in [2.24, 2.45) is 0 Å². The zero-order valence-electron chi connectivity index (χ0n) is 16.0. The van der Waals surface area contributed by atoms with E-state index in [4.69, 9.17) is 9.47 Å². The molecule has 1 aromatic rings. The van der Waals surface area contributed by atoms with Crippen LogP contribution in [0.2, 0.25) is 0 Å². The van der Waals surface area contributed by atoms with E-state index >= 15 is 0 Å². The maximum Gasteiger partial charge on any atom is 0.410 e. The molecular formula is C20H28N2O4. The average molecular weight is 360 g/mol. The molecule has 6 nitrogen and oxygen atoms in total. The lowest BCUT2D eigenvalue weighted by Gasteiger charge is -2.38. The Morgan fingerprint density at radius 3 is 2.54 bits per heavy atom. The van der Waals surface area contributed by atoms with Crippen molar-refractivity contribution in [2.75, 3.05) is 19.7 Å². The Hall–Kier alpha value is -2.24. The number of piperidine rings is 1. The third-order valence-electron chi connectivity index (χ3n) is 4.85. The van der Waals surface area contributed by atoms with Crippen molar-refractivity contribution >= 4 is 12.2 Å². The summed E-state index contributed by atoms with van der Waals surface area (Å²) in [5.41, 5.74) is 1.77. The van der Waals surface area contributed by atoms with Crippen LogP contribution in [0.3, 0.4) is 0 Å². The fourth-order valence-corrected chi connectivity index (χ4v) is 3.62. The van der Waals surface area contributed by atoms with E-state index < -0.39 is 5.60 Å². The molecule has 2 aliphatic heterocycles. The van der Waals surface area contributed by atoms with Crippen LogP contribution in [0.5, 0.6) is 0 Å². The normalized spacial score (nSPS) is 21.7. The number of cyclic esters (lactones) is 1. The summed E-state index contributed by atoms with van der Waals surface area (Å²) in [6.45, 7) is 9.20. The van der Waals surface area contributed by atoms with Crippen LogP contribution in [-0.2, 0) is 9.47 Å². The fraction of sp³-hybridized carbons (Fsp3) is 0.600. The number of aryl methyl sites for hydroxylation is 1. The molecule has 1 aromatic carbocycles. The highest BCUT2D eigenvalue weighted by Gasteiger charge is 2.41. The molecule has 2 saturated heterocycles. The summed E-state index contributed by atoms with van der Waals surface area (Å²) in [6.07, 6.45) is 0.926.